The Bertz CT molecular complexity index is 1390. The van der Waals surface area contributed by atoms with Crippen LogP contribution < -0.4 is 10.9 Å². The fourth-order valence-electron chi connectivity index (χ4n) is 4.17. The van der Waals surface area contributed by atoms with Gasteiger partial charge in [0.15, 0.2) is 0 Å². The topological polar surface area (TPSA) is 64.0 Å². The summed E-state index contributed by atoms with van der Waals surface area (Å²) in [6.07, 6.45) is 0.664. The summed E-state index contributed by atoms with van der Waals surface area (Å²) in [5.41, 5.74) is 1.36. The van der Waals surface area contributed by atoms with Crippen molar-refractivity contribution in [3.05, 3.63) is 81.4 Å². The summed E-state index contributed by atoms with van der Waals surface area (Å²) in [5, 5.41) is 6.00. The molecule has 1 aliphatic rings. The summed E-state index contributed by atoms with van der Waals surface area (Å²) >= 11 is 6.16. The predicted octanol–water partition coefficient (Wildman–Crippen LogP) is 5.02. The number of halogens is 1. The van der Waals surface area contributed by atoms with Crippen molar-refractivity contribution in [1.29, 1.82) is 0 Å². The van der Waals surface area contributed by atoms with E-state index in [1.54, 1.807) is 22.8 Å². The molecule has 0 bridgehead atoms. The third-order valence-electron chi connectivity index (χ3n) is 5.53. The molecular formula is C24H20ClN3O2. The van der Waals surface area contributed by atoms with Gasteiger partial charge in [0.2, 0.25) is 0 Å². The highest BCUT2D eigenvalue weighted by Gasteiger charge is 2.30. The lowest BCUT2D eigenvalue weighted by molar-refractivity contribution is 0.0933. The molecule has 6 heteroatoms. The largest absolute Gasteiger partial charge is 0.342 e. The Morgan fingerprint density at radius 1 is 1.07 bits per heavy atom. The highest BCUT2D eigenvalue weighted by molar-refractivity contribution is 6.31. The van der Waals surface area contributed by atoms with Crippen LogP contribution >= 0.6 is 11.6 Å². The maximum Gasteiger partial charge on any atom is 0.266 e. The number of benzene rings is 3. The van der Waals surface area contributed by atoms with Gasteiger partial charge in [0.05, 0.1) is 28.2 Å². The molecule has 1 atom stereocenters. The van der Waals surface area contributed by atoms with Gasteiger partial charge in [-0.05, 0) is 53.4 Å². The standard InChI is InChI=1S/C24H20ClN3O2/c1-13(2)9-20-22-26-19-12-16(25)7-8-17(19)24(30)28(22)21-11-15-6-4-3-5-14(15)10-18(21)23(29)27-20/h3-8,10-13,20H,9H2,1-2H3,(H,27,29). The van der Waals surface area contributed by atoms with Crippen LogP contribution in [0.5, 0.6) is 0 Å². The van der Waals surface area contributed by atoms with Crippen LogP contribution in [-0.4, -0.2) is 15.5 Å². The van der Waals surface area contributed by atoms with E-state index in [1.165, 1.54) is 0 Å². The van der Waals surface area contributed by atoms with Crippen LogP contribution in [0.3, 0.4) is 0 Å². The molecule has 0 saturated carbocycles. The van der Waals surface area contributed by atoms with E-state index >= 15 is 0 Å². The summed E-state index contributed by atoms with van der Waals surface area (Å²) in [6, 6.07) is 16.2. The first-order valence-corrected chi connectivity index (χ1v) is 10.4. The molecule has 1 aliphatic heterocycles. The second-order valence-electron chi connectivity index (χ2n) is 8.14. The molecular weight excluding hydrogens is 398 g/mol. The zero-order valence-corrected chi connectivity index (χ0v) is 17.4. The summed E-state index contributed by atoms with van der Waals surface area (Å²) < 4.78 is 1.60. The first-order valence-electron chi connectivity index (χ1n) is 9.98. The normalized spacial score (nSPS) is 15.7. The Balaban J connectivity index is 1.91. The molecule has 4 aromatic rings. The molecule has 0 fully saturated rings. The zero-order valence-electron chi connectivity index (χ0n) is 16.6. The maximum atomic E-state index is 13.6. The minimum absolute atomic E-state index is 0.201. The van der Waals surface area contributed by atoms with Gasteiger partial charge in [0, 0.05) is 5.02 Å². The second-order valence-corrected chi connectivity index (χ2v) is 8.58. The molecule has 1 amide bonds. The second kappa shape index (κ2) is 6.96. The Kier molecular flexibility index (Phi) is 4.36. The highest BCUT2D eigenvalue weighted by atomic mass is 35.5. The Morgan fingerprint density at radius 3 is 2.53 bits per heavy atom. The summed E-state index contributed by atoms with van der Waals surface area (Å²) in [6.45, 7) is 4.16. The van der Waals surface area contributed by atoms with Gasteiger partial charge < -0.3 is 5.32 Å². The smallest absolute Gasteiger partial charge is 0.266 e. The number of amides is 1. The molecule has 2 heterocycles. The molecule has 5 rings (SSSR count). The third-order valence-corrected chi connectivity index (χ3v) is 5.77. The van der Waals surface area contributed by atoms with Crippen molar-refractivity contribution in [1.82, 2.24) is 14.9 Å². The predicted molar refractivity (Wildman–Crippen MR) is 120 cm³/mol. The highest BCUT2D eigenvalue weighted by Crippen LogP contribution is 2.31. The fourth-order valence-corrected chi connectivity index (χ4v) is 4.34. The SMILES string of the molecule is CC(C)CC1NC(=O)c2cc3ccccc3cc2-n2c1nc1cc(Cl)ccc1c2=O. The van der Waals surface area contributed by atoms with Gasteiger partial charge in [-0.15, -0.1) is 0 Å². The average Bonchev–Trinajstić information content (AvgIpc) is 2.81. The van der Waals surface area contributed by atoms with Crippen molar-refractivity contribution in [2.75, 3.05) is 0 Å². The van der Waals surface area contributed by atoms with E-state index < -0.39 is 0 Å². The number of hydrogen-bond donors (Lipinski definition) is 1. The molecule has 1 N–H and O–H groups in total. The molecule has 0 saturated heterocycles. The molecule has 0 radical (unpaired) electrons. The zero-order chi connectivity index (χ0) is 21.0. The molecule has 150 valence electrons. The molecule has 0 spiro atoms. The molecule has 0 aliphatic carbocycles. The van der Waals surface area contributed by atoms with Crippen LogP contribution in [0.2, 0.25) is 5.02 Å². The lowest BCUT2D eigenvalue weighted by atomic mass is 10.0. The van der Waals surface area contributed by atoms with Crippen LogP contribution in [0.15, 0.2) is 59.4 Å². The van der Waals surface area contributed by atoms with Crippen molar-refractivity contribution in [3.63, 3.8) is 0 Å². The van der Waals surface area contributed by atoms with Crippen molar-refractivity contribution >= 4 is 39.2 Å². The van der Waals surface area contributed by atoms with E-state index in [2.05, 4.69) is 19.2 Å². The minimum Gasteiger partial charge on any atom is -0.342 e. The van der Waals surface area contributed by atoms with Crippen molar-refractivity contribution < 1.29 is 4.79 Å². The number of carbonyl (C=O) groups is 1. The third kappa shape index (κ3) is 2.97. The van der Waals surface area contributed by atoms with Crippen LogP contribution in [-0.2, 0) is 0 Å². The Hall–Kier alpha value is -3.18. The summed E-state index contributed by atoms with van der Waals surface area (Å²) in [5.74, 6) is 0.634. The Labute approximate surface area is 178 Å². The minimum atomic E-state index is -0.385. The molecule has 3 aromatic carbocycles. The number of carbonyl (C=O) groups excluding carboxylic acids is 1. The maximum absolute atomic E-state index is 13.6. The molecule has 1 unspecified atom stereocenters. The van der Waals surface area contributed by atoms with E-state index in [4.69, 9.17) is 16.6 Å². The number of rotatable bonds is 2. The van der Waals surface area contributed by atoms with E-state index in [0.29, 0.717) is 45.3 Å². The lowest BCUT2D eigenvalue weighted by Gasteiger charge is -2.20. The van der Waals surface area contributed by atoms with Gasteiger partial charge in [-0.2, -0.15) is 0 Å². The van der Waals surface area contributed by atoms with Gasteiger partial charge in [-0.25, -0.2) is 4.98 Å². The van der Waals surface area contributed by atoms with E-state index in [-0.39, 0.29) is 17.5 Å². The van der Waals surface area contributed by atoms with Gasteiger partial charge >= 0.3 is 0 Å². The van der Waals surface area contributed by atoms with Crippen molar-refractivity contribution in [2.24, 2.45) is 5.92 Å². The quantitative estimate of drug-likeness (QED) is 0.498. The van der Waals surface area contributed by atoms with Gasteiger partial charge in [0.25, 0.3) is 11.5 Å². The van der Waals surface area contributed by atoms with Crippen LogP contribution in [0, 0.1) is 5.92 Å². The molecule has 30 heavy (non-hydrogen) atoms. The molecule has 1 aromatic heterocycles. The van der Waals surface area contributed by atoms with Gasteiger partial charge in [-0.3, -0.25) is 14.2 Å². The monoisotopic (exact) mass is 417 g/mol. The number of hydrogen-bond acceptors (Lipinski definition) is 3. The van der Waals surface area contributed by atoms with E-state index in [9.17, 15) is 9.59 Å². The average molecular weight is 418 g/mol. The first kappa shape index (κ1) is 18.8. The number of nitrogens with one attached hydrogen (secondary N) is 1. The molecule has 5 nitrogen and oxygen atoms in total. The van der Waals surface area contributed by atoms with Crippen LogP contribution in [0.1, 0.15) is 42.5 Å². The van der Waals surface area contributed by atoms with Crippen molar-refractivity contribution in [2.45, 2.75) is 26.3 Å². The first-order chi connectivity index (χ1) is 14.4. The lowest BCUT2D eigenvalue weighted by Crippen LogP contribution is -2.31. The summed E-state index contributed by atoms with van der Waals surface area (Å²) in [4.78, 5) is 31.6. The van der Waals surface area contributed by atoms with E-state index in [0.717, 1.165) is 10.8 Å². The van der Waals surface area contributed by atoms with E-state index in [1.807, 2.05) is 36.4 Å². The number of fused-ring (bicyclic) bond motifs is 5. The van der Waals surface area contributed by atoms with Crippen LogP contribution in [0.4, 0.5) is 0 Å². The fraction of sp³-hybridized carbons (Fsp3) is 0.208. The Morgan fingerprint density at radius 2 is 1.80 bits per heavy atom. The van der Waals surface area contributed by atoms with Crippen LogP contribution in [0.25, 0.3) is 27.4 Å². The number of aromatic nitrogens is 2. The number of nitrogens with zero attached hydrogens (tertiary/aromatic N) is 2. The van der Waals surface area contributed by atoms with Gasteiger partial charge in [-0.1, -0.05) is 49.7 Å². The van der Waals surface area contributed by atoms with Gasteiger partial charge in [0.1, 0.15) is 5.82 Å². The summed E-state index contributed by atoms with van der Waals surface area (Å²) in [7, 11) is 0. The van der Waals surface area contributed by atoms with Crippen molar-refractivity contribution in [3.8, 4) is 5.69 Å².